The Hall–Kier alpha value is -1.66. The third-order valence-corrected chi connectivity index (χ3v) is 6.48. The summed E-state index contributed by atoms with van der Waals surface area (Å²) >= 11 is 1.71. The maximum atomic E-state index is 13.0. The van der Waals surface area contributed by atoms with Crippen LogP contribution in [0.15, 0.2) is 58.3 Å². The molecule has 0 N–H and O–H groups in total. The Morgan fingerprint density at radius 2 is 1.82 bits per heavy atom. The van der Waals surface area contributed by atoms with Crippen LogP contribution >= 0.6 is 11.8 Å². The number of rotatable bonds is 3. The summed E-state index contributed by atoms with van der Waals surface area (Å²) in [6.45, 7) is 2.51. The molecule has 0 saturated heterocycles. The molecule has 3 rings (SSSR count). The lowest BCUT2D eigenvalue weighted by Gasteiger charge is -2.33. The fraction of sp³-hybridized carbons (Fsp3) is 0.250. The molecule has 2 aromatic carbocycles. The second-order valence-corrected chi connectivity index (χ2v) is 8.45. The van der Waals surface area contributed by atoms with E-state index >= 15 is 0 Å². The van der Waals surface area contributed by atoms with Gasteiger partial charge in [-0.3, -0.25) is 4.31 Å². The van der Waals surface area contributed by atoms with Crippen LogP contribution in [0.3, 0.4) is 0 Å². The van der Waals surface area contributed by atoms with Crippen LogP contribution in [0.2, 0.25) is 0 Å². The summed E-state index contributed by atoms with van der Waals surface area (Å²) in [7, 11) is -2.01. The number of thioether (sulfide) groups is 1. The summed E-state index contributed by atoms with van der Waals surface area (Å²) in [6.07, 6.45) is 0. The molecule has 1 aliphatic rings. The first kappa shape index (κ1) is 15.2. The molecule has 6 heteroatoms. The van der Waals surface area contributed by atoms with Gasteiger partial charge in [-0.2, -0.15) is 0 Å². The Labute approximate surface area is 135 Å². The molecule has 2 aromatic rings. The number of anilines is 1. The van der Waals surface area contributed by atoms with E-state index in [0.29, 0.717) is 12.3 Å². The molecular formula is C16H17NO3S2. The summed E-state index contributed by atoms with van der Waals surface area (Å²) in [5.74, 6) is 0.641. The molecule has 0 aliphatic carbocycles. The van der Waals surface area contributed by atoms with E-state index in [1.165, 1.54) is 4.31 Å². The zero-order chi connectivity index (χ0) is 15.7. The van der Waals surface area contributed by atoms with Crippen molar-refractivity contribution in [3.63, 3.8) is 0 Å². The van der Waals surface area contributed by atoms with Crippen LogP contribution in [0.5, 0.6) is 5.75 Å². The van der Waals surface area contributed by atoms with Crippen LogP contribution in [0.4, 0.5) is 5.69 Å². The minimum Gasteiger partial charge on any atom is -0.497 e. The molecule has 1 heterocycles. The standard InChI is InChI=1S/C16H17NO3S2/c1-12-11-17(15-5-3-4-6-16(15)21-12)22(18,19)14-9-7-13(20-2)8-10-14/h3-10,12H,11H2,1-2H3. The molecule has 0 fully saturated rings. The number of para-hydroxylation sites is 1. The Morgan fingerprint density at radius 3 is 2.50 bits per heavy atom. The molecule has 0 amide bonds. The normalized spacial score (nSPS) is 17.9. The van der Waals surface area contributed by atoms with Gasteiger partial charge in [0.05, 0.1) is 17.7 Å². The molecule has 0 spiro atoms. The van der Waals surface area contributed by atoms with Gasteiger partial charge in [-0.25, -0.2) is 8.42 Å². The van der Waals surface area contributed by atoms with Crippen molar-refractivity contribution >= 4 is 27.5 Å². The fourth-order valence-corrected chi connectivity index (χ4v) is 5.29. The van der Waals surface area contributed by atoms with Crippen LogP contribution in [-0.2, 0) is 10.0 Å². The second-order valence-electron chi connectivity index (χ2n) is 5.11. The van der Waals surface area contributed by atoms with Gasteiger partial charge in [0.25, 0.3) is 10.0 Å². The van der Waals surface area contributed by atoms with Gasteiger partial charge < -0.3 is 4.74 Å². The number of hydrogen-bond donors (Lipinski definition) is 0. The van der Waals surface area contributed by atoms with Crippen LogP contribution < -0.4 is 9.04 Å². The molecule has 116 valence electrons. The predicted molar refractivity (Wildman–Crippen MR) is 89.3 cm³/mol. The highest BCUT2D eigenvalue weighted by Crippen LogP contribution is 2.40. The zero-order valence-electron chi connectivity index (χ0n) is 12.4. The molecule has 0 radical (unpaired) electrons. The van der Waals surface area contributed by atoms with Gasteiger partial charge in [-0.1, -0.05) is 19.1 Å². The van der Waals surface area contributed by atoms with Crippen molar-refractivity contribution in [2.75, 3.05) is 18.0 Å². The number of hydrogen-bond acceptors (Lipinski definition) is 4. The summed E-state index contributed by atoms with van der Waals surface area (Å²) < 4.78 is 32.5. The van der Waals surface area contributed by atoms with Gasteiger partial charge in [0.15, 0.2) is 0 Å². The largest absolute Gasteiger partial charge is 0.497 e. The van der Waals surface area contributed by atoms with Crippen LogP contribution in [0.1, 0.15) is 6.92 Å². The first-order valence-electron chi connectivity index (χ1n) is 6.95. The van der Waals surface area contributed by atoms with Crippen molar-refractivity contribution in [3.05, 3.63) is 48.5 Å². The molecular weight excluding hydrogens is 318 g/mol. The van der Waals surface area contributed by atoms with E-state index in [2.05, 4.69) is 0 Å². The lowest BCUT2D eigenvalue weighted by atomic mass is 10.3. The minimum atomic E-state index is -3.57. The predicted octanol–water partition coefficient (Wildman–Crippen LogP) is 3.38. The molecule has 22 heavy (non-hydrogen) atoms. The number of benzene rings is 2. The topological polar surface area (TPSA) is 46.6 Å². The average Bonchev–Trinajstić information content (AvgIpc) is 2.54. The minimum absolute atomic E-state index is 0.211. The van der Waals surface area contributed by atoms with E-state index in [4.69, 9.17) is 4.74 Å². The zero-order valence-corrected chi connectivity index (χ0v) is 14.0. The molecule has 0 saturated carbocycles. The average molecular weight is 335 g/mol. The van der Waals surface area contributed by atoms with Gasteiger partial charge in [-0.15, -0.1) is 11.8 Å². The highest BCUT2D eigenvalue weighted by molar-refractivity contribution is 8.00. The molecule has 0 aromatic heterocycles. The highest BCUT2D eigenvalue weighted by atomic mass is 32.2. The summed E-state index contributed by atoms with van der Waals surface area (Å²) in [4.78, 5) is 1.28. The van der Waals surface area contributed by atoms with E-state index in [1.807, 2.05) is 31.2 Å². The van der Waals surface area contributed by atoms with Crippen LogP contribution in [0.25, 0.3) is 0 Å². The Kier molecular flexibility index (Phi) is 4.06. The van der Waals surface area contributed by atoms with Crippen molar-refractivity contribution in [2.45, 2.75) is 22.0 Å². The molecule has 0 bridgehead atoms. The van der Waals surface area contributed by atoms with Crippen molar-refractivity contribution in [1.29, 1.82) is 0 Å². The van der Waals surface area contributed by atoms with Gasteiger partial charge in [0, 0.05) is 16.7 Å². The van der Waals surface area contributed by atoms with Crippen molar-refractivity contribution in [1.82, 2.24) is 0 Å². The number of nitrogens with zero attached hydrogens (tertiary/aromatic N) is 1. The first-order valence-corrected chi connectivity index (χ1v) is 9.27. The number of methoxy groups -OCH3 is 1. The molecule has 1 aliphatic heterocycles. The van der Waals surface area contributed by atoms with E-state index in [0.717, 1.165) is 10.6 Å². The highest BCUT2D eigenvalue weighted by Gasteiger charge is 2.32. The van der Waals surface area contributed by atoms with Gasteiger partial charge >= 0.3 is 0 Å². The molecule has 4 nitrogen and oxygen atoms in total. The Morgan fingerprint density at radius 1 is 1.14 bits per heavy atom. The van der Waals surface area contributed by atoms with Crippen molar-refractivity contribution < 1.29 is 13.2 Å². The lowest BCUT2D eigenvalue weighted by Crippen LogP contribution is -2.38. The van der Waals surface area contributed by atoms with E-state index in [9.17, 15) is 8.42 Å². The third-order valence-electron chi connectivity index (χ3n) is 3.53. The number of ether oxygens (including phenoxy) is 1. The summed E-state index contributed by atoms with van der Waals surface area (Å²) in [5, 5.41) is 0.211. The number of sulfonamides is 1. The summed E-state index contributed by atoms with van der Waals surface area (Å²) in [6, 6.07) is 14.1. The second kappa shape index (κ2) is 5.85. The van der Waals surface area contributed by atoms with Crippen LogP contribution in [-0.4, -0.2) is 27.3 Å². The van der Waals surface area contributed by atoms with E-state index < -0.39 is 10.0 Å². The van der Waals surface area contributed by atoms with E-state index in [-0.39, 0.29) is 10.1 Å². The Bertz CT molecular complexity index is 772. The fourth-order valence-electron chi connectivity index (χ4n) is 2.45. The smallest absolute Gasteiger partial charge is 0.264 e. The number of fused-ring (bicyclic) bond motifs is 1. The van der Waals surface area contributed by atoms with Crippen molar-refractivity contribution in [2.24, 2.45) is 0 Å². The van der Waals surface area contributed by atoms with E-state index in [1.54, 1.807) is 43.1 Å². The monoisotopic (exact) mass is 335 g/mol. The molecule has 1 unspecified atom stereocenters. The lowest BCUT2D eigenvalue weighted by molar-refractivity contribution is 0.414. The van der Waals surface area contributed by atoms with Gasteiger partial charge in [0.1, 0.15) is 5.75 Å². The third kappa shape index (κ3) is 2.68. The quantitative estimate of drug-likeness (QED) is 0.863. The molecule has 1 atom stereocenters. The first-order chi connectivity index (χ1) is 10.5. The maximum Gasteiger partial charge on any atom is 0.264 e. The SMILES string of the molecule is COc1ccc(S(=O)(=O)N2CC(C)Sc3ccccc32)cc1. The van der Waals surface area contributed by atoms with Gasteiger partial charge in [0.2, 0.25) is 0 Å². The summed E-state index contributed by atoms with van der Waals surface area (Å²) in [5.41, 5.74) is 0.751. The van der Waals surface area contributed by atoms with Crippen molar-refractivity contribution in [3.8, 4) is 5.75 Å². The van der Waals surface area contributed by atoms with Gasteiger partial charge in [-0.05, 0) is 36.4 Å². The van der Waals surface area contributed by atoms with Crippen LogP contribution in [0, 0.1) is 0 Å². The maximum absolute atomic E-state index is 13.0. The Balaban J connectivity index is 2.05.